The van der Waals surface area contributed by atoms with Crippen molar-refractivity contribution in [1.29, 1.82) is 0 Å². The van der Waals surface area contributed by atoms with E-state index in [4.69, 9.17) is 0 Å². The van der Waals surface area contributed by atoms with E-state index in [9.17, 15) is 13.2 Å². The van der Waals surface area contributed by atoms with E-state index in [2.05, 4.69) is 0 Å². The Balaban J connectivity index is 1.64. The van der Waals surface area contributed by atoms with Crippen molar-refractivity contribution < 1.29 is 13.2 Å². The van der Waals surface area contributed by atoms with Crippen molar-refractivity contribution in [3.63, 3.8) is 0 Å². The number of rotatable bonds is 6. The lowest BCUT2D eigenvalue weighted by molar-refractivity contribution is -0.114. The van der Waals surface area contributed by atoms with Crippen molar-refractivity contribution in [2.75, 3.05) is 11.5 Å². The molecule has 3 aromatic carbocycles. The van der Waals surface area contributed by atoms with Crippen molar-refractivity contribution >= 4 is 38.2 Å². The van der Waals surface area contributed by atoms with Gasteiger partial charge in [-0.2, -0.15) is 0 Å². The summed E-state index contributed by atoms with van der Waals surface area (Å²) in [6.45, 7) is 0. The van der Waals surface area contributed by atoms with Crippen molar-refractivity contribution in [2.24, 2.45) is 0 Å². The molecule has 0 bridgehead atoms. The third-order valence-electron chi connectivity index (χ3n) is 3.57. The average Bonchev–Trinajstić information content (AvgIpc) is 2.60. The Kier molecular flexibility index (Phi) is 5.02. The van der Waals surface area contributed by atoms with Crippen LogP contribution in [0.1, 0.15) is 0 Å². The van der Waals surface area contributed by atoms with Crippen molar-refractivity contribution in [3.05, 3.63) is 72.8 Å². The second-order valence-corrected chi connectivity index (χ2v) is 8.45. The number of hydrogen-bond donors (Lipinski definition) is 0. The standard InChI is InChI=1S/C19H16O3S2/c20-17(14-24(21,22)19-8-2-1-3-9-19)13-23-18-11-10-15-6-4-5-7-16(15)12-18/h1-12H,13-14H2. The van der Waals surface area contributed by atoms with Gasteiger partial charge >= 0.3 is 0 Å². The molecule has 0 radical (unpaired) electrons. The highest BCUT2D eigenvalue weighted by atomic mass is 32.2. The number of carbonyl (C=O) groups excluding carboxylic acids is 1. The number of benzene rings is 3. The minimum Gasteiger partial charge on any atom is -0.298 e. The van der Waals surface area contributed by atoms with Gasteiger partial charge in [-0.1, -0.05) is 48.5 Å². The number of fused-ring (bicyclic) bond motifs is 1. The van der Waals surface area contributed by atoms with Crippen LogP contribution in [0.2, 0.25) is 0 Å². The molecular formula is C19H16O3S2. The Bertz CT molecular complexity index is 964. The molecule has 0 unspecified atom stereocenters. The van der Waals surface area contributed by atoms with Crippen molar-refractivity contribution in [1.82, 2.24) is 0 Å². The molecule has 0 N–H and O–H groups in total. The lowest BCUT2D eigenvalue weighted by atomic mass is 10.1. The molecule has 3 nitrogen and oxygen atoms in total. The first kappa shape index (κ1) is 16.7. The van der Waals surface area contributed by atoms with Gasteiger partial charge in [-0.05, 0) is 35.0 Å². The van der Waals surface area contributed by atoms with Gasteiger partial charge in [-0.3, -0.25) is 4.79 Å². The highest BCUT2D eigenvalue weighted by Gasteiger charge is 2.18. The number of carbonyl (C=O) groups is 1. The van der Waals surface area contributed by atoms with E-state index in [1.165, 1.54) is 23.9 Å². The molecule has 122 valence electrons. The highest BCUT2D eigenvalue weighted by Crippen LogP contribution is 2.24. The summed E-state index contributed by atoms with van der Waals surface area (Å²) in [6, 6.07) is 22.0. The monoisotopic (exact) mass is 356 g/mol. The predicted octanol–water partition coefficient (Wildman–Crippen LogP) is 3.97. The molecule has 0 aliphatic rings. The summed E-state index contributed by atoms with van der Waals surface area (Å²) in [5.41, 5.74) is 0. The minimum absolute atomic E-state index is 0.143. The van der Waals surface area contributed by atoms with Gasteiger partial charge in [-0.25, -0.2) is 8.42 Å². The normalized spacial score (nSPS) is 11.5. The SMILES string of the molecule is O=C(CSc1ccc2ccccc2c1)CS(=O)(=O)c1ccccc1. The van der Waals surface area contributed by atoms with E-state index in [0.29, 0.717) is 0 Å². The second kappa shape index (κ2) is 7.20. The van der Waals surface area contributed by atoms with E-state index in [-0.39, 0.29) is 16.4 Å². The average molecular weight is 356 g/mol. The lowest BCUT2D eigenvalue weighted by Crippen LogP contribution is -2.17. The molecule has 5 heteroatoms. The van der Waals surface area contributed by atoms with Gasteiger partial charge in [0.1, 0.15) is 5.75 Å². The summed E-state index contributed by atoms with van der Waals surface area (Å²) in [5.74, 6) is -0.612. The number of thioether (sulfide) groups is 1. The molecule has 0 heterocycles. The molecular weight excluding hydrogens is 340 g/mol. The summed E-state index contributed by atoms with van der Waals surface area (Å²) in [6.07, 6.45) is 0. The summed E-state index contributed by atoms with van der Waals surface area (Å²) < 4.78 is 24.4. The van der Waals surface area contributed by atoms with Crippen molar-refractivity contribution in [2.45, 2.75) is 9.79 Å². The molecule has 3 rings (SSSR count). The topological polar surface area (TPSA) is 51.2 Å². The zero-order chi connectivity index (χ0) is 17.0. The van der Waals surface area contributed by atoms with Gasteiger partial charge in [-0.15, -0.1) is 11.8 Å². The third-order valence-corrected chi connectivity index (χ3v) is 6.32. The molecule has 3 aromatic rings. The first-order valence-corrected chi connectivity index (χ1v) is 10.1. The fourth-order valence-electron chi connectivity index (χ4n) is 2.39. The van der Waals surface area contributed by atoms with Crippen LogP contribution in [-0.4, -0.2) is 25.7 Å². The zero-order valence-corrected chi connectivity index (χ0v) is 14.5. The molecule has 0 fully saturated rings. The fourth-order valence-corrected chi connectivity index (χ4v) is 4.58. The maximum absolute atomic E-state index is 12.2. The first-order chi connectivity index (χ1) is 11.5. The van der Waals surface area contributed by atoms with Gasteiger partial charge in [0.2, 0.25) is 0 Å². The highest BCUT2D eigenvalue weighted by molar-refractivity contribution is 8.00. The molecule has 0 aromatic heterocycles. The van der Waals surface area contributed by atoms with Gasteiger partial charge in [0.15, 0.2) is 15.6 Å². The lowest BCUT2D eigenvalue weighted by Gasteiger charge is -2.05. The zero-order valence-electron chi connectivity index (χ0n) is 12.9. The second-order valence-electron chi connectivity index (χ2n) is 5.41. The predicted molar refractivity (Wildman–Crippen MR) is 98.2 cm³/mol. The summed E-state index contributed by atoms with van der Waals surface area (Å²) in [4.78, 5) is 13.2. The van der Waals surface area contributed by atoms with Gasteiger partial charge in [0.25, 0.3) is 0 Å². The minimum atomic E-state index is -3.56. The maximum atomic E-state index is 12.2. The van der Waals surface area contributed by atoms with Crippen LogP contribution >= 0.6 is 11.8 Å². The van der Waals surface area contributed by atoms with Crippen LogP contribution in [0.15, 0.2) is 82.6 Å². The summed E-state index contributed by atoms with van der Waals surface area (Å²) in [7, 11) is -3.56. The Labute approximate surface area is 145 Å². The van der Waals surface area contributed by atoms with E-state index >= 15 is 0 Å². The molecule has 0 aliphatic carbocycles. The van der Waals surface area contributed by atoms with Crippen LogP contribution in [0.25, 0.3) is 10.8 Å². The van der Waals surface area contributed by atoms with E-state index < -0.39 is 15.6 Å². The Morgan fingerprint density at radius 3 is 2.25 bits per heavy atom. The van der Waals surface area contributed by atoms with E-state index in [0.717, 1.165) is 15.7 Å². The molecule has 0 atom stereocenters. The number of sulfone groups is 1. The van der Waals surface area contributed by atoms with Crippen LogP contribution in [-0.2, 0) is 14.6 Å². The van der Waals surface area contributed by atoms with Gasteiger partial charge in [0.05, 0.1) is 10.6 Å². The number of hydrogen-bond acceptors (Lipinski definition) is 4. The number of Topliss-reactive ketones (excluding diaryl/α,β-unsaturated/α-hetero) is 1. The Hall–Kier alpha value is -2.11. The van der Waals surface area contributed by atoms with E-state index in [1.54, 1.807) is 18.2 Å². The molecule has 0 saturated carbocycles. The fraction of sp³-hybridized carbons (Fsp3) is 0.105. The number of ketones is 1. The maximum Gasteiger partial charge on any atom is 0.185 e. The molecule has 0 saturated heterocycles. The molecule has 0 aliphatic heterocycles. The van der Waals surface area contributed by atoms with Crippen LogP contribution in [0, 0.1) is 0 Å². The summed E-state index contributed by atoms with van der Waals surface area (Å²) >= 11 is 1.37. The quantitative estimate of drug-likeness (QED) is 0.627. The van der Waals surface area contributed by atoms with Crippen LogP contribution < -0.4 is 0 Å². The summed E-state index contributed by atoms with van der Waals surface area (Å²) in [5, 5.41) is 2.24. The van der Waals surface area contributed by atoms with E-state index in [1.807, 2.05) is 42.5 Å². The van der Waals surface area contributed by atoms with Crippen molar-refractivity contribution in [3.8, 4) is 0 Å². The van der Waals surface area contributed by atoms with Crippen LogP contribution in [0.4, 0.5) is 0 Å². The Morgan fingerprint density at radius 2 is 1.50 bits per heavy atom. The Morgan fingerprint density at radius 1 is 0.833 bits per heavy atom. The molecule has 0 spiro atoms. The first-order valence-electron chi connectivity index (χ1n) is 7.46. The molecule has 24 heavy (non-hydrogen) atoms. The molecule has 0 amide bonds. The van der Waals surface area contributed by atoms with Crippen LogP contribution in [0.3, 0.4) is 0 Å². The largest absolute Gasteiger partial charge is 0.298 e. The van der Waals surface area contributed by atoms with Gasteiger partial charge in [0, 0.05) is 4.90 Å². The van der Waals surface area contributed by atoms with Crippen LogP contribution in [0.5, 0.6) is 0 Å². The van der Waals surface area contributed by atoms with Gasteiger partial charge < -0.3 is 0 Å². The third kappa shape index (κ3) is 4.04. The smallest absolute Gasteiger partial charge is 0.185 e.